The minimum Gasteiger partial charge on any atom is -0.481 e. The van der Waals surface area contributed by atoms with Gasteiger partial charge in [-0.3, -0.25) is 9.78 Å². The summed E-state index contributed by atoms with van der Waals surface area (Å²) in [5.74, 6) is -2.94. The smallest absolute Gasteiger partial charge is 0.313 e. The van der Waals surface area contributed by atoms with Crippen LogP contribution in [0.1, 0.15) is 17.2 Å². The monoisotopic (exact) mass is 313 g/mol. The predicted molar refractivity (Wildman–Crippen MR) is 74.7 cm³/mol. The van der Waals surface area contributed by atoms with Gasteiger partial charge in [0, 0.05) is 11.2 Å². The van der Waals surface area contributed by atoms with Gasteiger partial charge in [-0.05, 0) is 30.2 Å². The van der Waals surface area contributed by atoms with Crippen molar-refractivity contribution in [3.05, 3.63) is 63.6 Å². The van der Waals surface area contributed by atoms with Crippen LogP contribution in [0.5, 0.6) is 0 Å². The van der Waals surface area contributed by atoms with E-state index in [0.717, 1.165) is 11.6 Å². The first kappa shape index (κ1) is 14.8. The zero-order valence-corrected chi connectivity index (χ0v) is 11.7. The van der Waals surface area contributed by atoms with E-state index >= 15 is 0 Å². The van der Waals surface area contributed by atoms with E-state index in [2.05, 4.69) is 4.98 Å². The number of hydrogen-bond acceptors (Lipinski definition) is 2. The maximum Gasteiger partial charge on any atom is 0.313 e. The van der Waals surface area contributed by atoms with Gasteiger partial charge in [0.1, 0.15) is 11.7 Å². The highest BCUT2D eigenvalue weighted by atomic mass is 35.5. The van der Waals surface area contributed by atoms with Crippen LogP contribution < -0.4 is 0 Å². The Balaban J connectivity index is 2.31. The molecule has 6 heteroatoms. The fourth-order valence-electron chi connectivity index (χ4n) is 1.84. The van der Waals surface area contributed by atoms with E-state index in [4.69, 9.17) is 23.2 Å². The van der Waals surface area contributed by atoms with Crippen molar-refractivity contribution in [2.45, 2.75) is 12.3 Å². The summed E-state index contributed by atoms with van der Waals surface area (Å²) in [6.45, 7) is 0. The molecule has 1 aromatic heterocycles. The van der Waals surface area contributed by atoms with E-state index in [1.807, 2.05) is 0 Å². The van der Waals surface area contributed by atoms with Gasteiger partial charge in [0.2, 0.25) is 0 Å². The fourth-order valence-corrected chi connectivity index (χ4v) is 2.11. The minimum atomic E-state index is -1.14. The molecule has 0 aliphatic rings. The average molecular weight is 314 g/mol. The van der Waals surface area contributed by atoms with Crippen molar-refractivity contribution in [1.29, 1.82) is 0 Å². The Morgan fingerprint density at radius 1 is 1.25 bits per heavy atom. The molecule has 0 spiro atoms. The lowest BCUT2D eigenvalue weighted by Gasteiger charge is -2.13. The van der Waals surface area contributed by atoms with E-state index in [9.17, 15) is 14.3 Å². The highest BCUT2D eigenvalue weighted by Gasteiger charge is 2.25. The molecule has 0 saturated heterocycles. The molecule has 1 heterocycles. The Bertz CT molecular complexity index is 632. The summed E-state index contributed by atoms with van der Waals surface area (Å²) in [6.07, 6.45) is 1.36. The number of aromatic nitrogens is 1. The molecule has 104 valence electrons. The van der Waals surface area contributed by atoms with Crippen LogP contribution in [0.25, 0.3) is 0 Å². The SMILES string of the molecule is O=C(O)C(Cc1ccc(Cl)cc1)c1ncc(Cl)cc1F. The van der Waals surface area contributed by atoms with Crippen molar-refractivity contribution >= 4 is 29.2 Å². The van der Waals surface area contributed by atoms with Gasteiger partial charge >= 0.3 is 5.97 Å². The second-order valence-corrected chi connectivity index (χ2v) is 5.11. The van der Waals surface area contributed by atoms with Gasteiger partial charge in [-0.2, -0.15) is 0 Å². The van der Waals surface area contributed by atoms with Crippen LogP contribution >= 0.6 is 23.2 Å². The number of carboxylic acid groups (broad SMARTS) is 1. The molecule has 0 aliphatic heterocycles. The lowest BCUT2D eigenvalue weighted by atomic mass is 9.95. The molecule has 0 bridgehead atoms. The second-order valence-electron chi connectivity index (χ2n) is 4.24. The van der Waals surface area contributed by atoms with Gasteiger partial charge in [-0.1, -0.05) is 35.3 Å². The van der Waals surface area contributed by atoms with Crippen LogP contribution in [-0.4, -0.2) is 16.1 Å². The van der Waals surface area contributed by atoms with Crippen molar-refractivity contribution in [1.82, 2.24) is 4.98 Å². The summed E-state index contributed by atoms with van der Waals surface area (Å²) in [7, 11) is 0. The predicted octanol–water partition coefficient (Wildman–Crippen LogP) is 3.94. The van der Waals surface area contributed by atoms with Crippen LogP contribution in [0.3, 0.4) is 0 Å². The first-order chi connectivity index (χ1) is 9.47. The topological polar surface area (TPSA) is 50.2 Å². The molecule has 0 saturated carbocycles. The van der Waals surface area contributed by atoms with Crippen LogP contribution in [0.4, 0.5) is 4.39 Å². The number of aliphatic carboxylic acids is 1. The third-order valence-corrected chi connectivity index (χ3v) is 3.28. The number of carboxylic acids is 1. The summed E-state index contributed by atoms with van der Waals surface area (Å²) in [5.41, 5.74) is 0.606. The standard InChI is InChI=1S/C14H10Cl2FNO2/c15-9-3-1-8(2-4-9)5-11(14(19)20)13-12(17)6-10(16)7-18-13/h1-4,6-7,11H,5H2,(H,19,20). The van der Waals surface area contributed by atoms with E-state index in [0.29, 0.717) is 5.02 Å². The highest BCUT2D eigenvalue weighted by Crippen LogP contribution is 2.24. The number of nitrogens with zero attached hydrogens (tertiary/aromatic N) is 1. The largest absolute Gasteiger partial charge is 0.481 e. The molecule has 2 aromatic rings. The molecule has 1 atom stereocenters. The Morgan fingerprint density at radius 2 is 1.90 bits per heavy atom. The second kappa shape index (κ2) is 6.20. The molecule has 3 nitrogen and oxygen atoms in total. The van der Waals surface area contributed by atoms with E-state index in [1.54, 1.807) is 24.3 Å². The zero-order chi connectivity index (χ0) is 14.7. The lowest BCUT2D eigenvalue weighted by molar-refractivity contribution is -0.138. The van der Waals surface area contributed by atoms with Crippen molar-refractivity contribution in [3.63, 3.8) is 0 Å². The molecule has 0 aliphatic carbocycles. The van der Waals surface area contributed by atoms with E-state index < -0.39 is 17.7 Å². The highest BCUT2D eigenvalue weighted by molar-refractivity contribution is 6.30. The number of benzene rings is 1. The van der Waals surface area contributed by atoms with E-state index in [-0.39, 0.29) is 17.1 Å². The normalized spacial score (nSPS) is 12.2. The molecular weight excluding hydrogens is 304 g/mol. The van der Waals surface area contributed by atoms with Crippen molar-refractivity contribution in [3.8, 4) is 0 Å². The first-order valence-corrected chi connectivity index (χ1v) is 6.51. The van der Waals surface area contributed by atoms with E-state index in [1.165, 1.54) is 6.20 Å². The quantitative estimate of drug-likeness (QED) is 0.930. The summed E-state index contributed by atoms with van der Waals surface area (Å²) >= 11 is 11.4. The van der Waals surface area contributed by atoms with Crippen LogP contribution in [0, 0.1) is 5.82 Å². The summed E-state index contributed by atoms with van der Waals surface area (Å²) in [6, 6.07) is 7.77. The van der Waals surface area contributed by atoms with Crippen LogP contribution in [0.2, 0.25) is 10.0 Å². The Labute approximate surface area is 125 Å². The summed E-state index contributed by atoms with van der Waals surface area (Å²) < 4.78 is 13.8. The van der Waals surface area contributed by atoms with Gasteiger partial charge in [0.05, 0.1) is 10.7 Å². The van der Waals surface area contributed by atoms with Crippen molar-refractivity contribution in [2.24, 2.45) is 0 Å². The number of pyridine rings is 1. The number of carbonyl (C=O) groups is 1. The Kier molecular flexibility index (Phi) is 4.57. The molecular formula is C14H10Cl2FNO2. The van der Waals surface area contributed by atoms with Crippen LogP contribution in [0.15, 0.2) is 36.5 Å². The molecule has 20 heavy (non-hydrogen) atoms. The number of hydrogen-bond donors (Lipinski definition) is 1. The molecule has 1 N–H and O–H groups in total. The number of rotatable bonds is 4. The zero-order valence-electron chi connectivity index (χ0n) is 10.2. The molecule has 1 unspecified atom stereocenters. The van der Waals surface area contributed by atoms with Gasteiger partial charge in [0.15, 0.2) is 0 Å². The summed E-state index contributed by atoms with van der Waals surface area (Å²) in [4.78, 5) is 15.1. The molecule has 0 amide bonds. The van der Waals surface area contributed by atoms with Gasteiger partial charge in [-0.15, -0.1) is 0 Å². The lowest BCUT2D eigenvalue weighted by Crippen LogP contribution is -2.17. The molecule has 2 rings (SSSR count). The third-order valence-electron chi connectivity index (χ3n) is 2.82. The van der Waals surface area contributed by atoms with Gasteiger partial charge < -0.3 is 5.11 Å². The number of halogens is 3. The van der Waals surface area contributed by atoms with Crippen molar-refractivity contribution < 1.29 is 14.3 Å². The van der Waals surface area contributed by atoms with Gasteiger partial charge in [-0.25, -0.2) is 4.39 Å². The molecule has 1 aromatic carbocycles. The average Bonchev–Trinajstić information content (AvgIpc) is 2.39. The Hall–Kier alpha value is -1.65. The molecule has 0 fully saturated rings. The maximum atomic E-state index is 13.8. The third kappa shape index (κ3) is 3.46. The fraction of sp³-hybridized carbons (Fsp3) is 0.143. The minimum absolute atomic E-state index is 0.123. The first-order valence-electron chi connectivity index (χ1n) is 5.75. The summed E-state index contributed by atoms with van der Waals surface area (Å²) in [5, 5.41) is 9.95. The maximum absolute atomic E-state index is 13.8. The van der Waals surface area contributed by atoms with Gasteiger partial charge in [0.25, 0.3) is 0 Å². The van der Waals surface area contributed by atoms with Crippen LogP contribution in [-0.2, 0) is 11.2 Å². The molecule has 0 radical (unpaired) electrons. The van der Waals surface area contributed by atoms with Crippen molar-refractivity contribution in [2.75, 3.05) is 0 Å². The Morgan fingerprint density at radius 3 is 2.45 bits per heavy atom.